The van der Waals surface area contributed by atoms with Crippen LogP contribution in [0.4, 0.5) is 16.1 Å². The van der Waals surface area contributed by atoms with Gasteiger partial charge in [0.1, 0.15) is 22.6 Å². The van der Waals surface area contributed by atoms with Crippen molar-refractivity contribution in [1.29, 1.82) is 0 Å². The number of hydrogen-bond acceptors (Lipinski definition) is 6. The second-order valence-electron chi connectivity index (χ2n) is 8.35. The number of oxazole rings is 1. The van der Waals surface area contributed by atoms with Gasteiger partial charge in [-0.25, -0.2) is 9.24 Å². The summed E-state index contributed by atoms with van der Waals surface area (Å²) in [7, 11) is 0. The molecular formula is C23H18FN7O2. The predicted molar refractivity (Wildman–Crippen MR) is 117 cm³/mol. The van der Waals surface area contributed by atoms with E-state index >= 15 is 0 Å². The summed E-state index contributed by atoms with van der Waals surface area (Å²) in [6.45, 7) is 9.61. The van der Waals surface area contributed by atoms with Crippen LogP contribution in [0.25, 0.3) is 21.6 Å². The summed E-state index contributed by atoms with van der Waals surface area (Å²) in [5, 5.41) is 8.11. The lowest BCUT2D eigenvalue weighted by Crippen LogP contribution is -2.34. The molecule has 0 radical (unpaired) electrons. The summed E-state index contributed by atoms with van der Waals surface area (Å²) >= 11 is 0. The van der Waals surface area contributed by atoms with E-state index in [0.29, 0.717) is 54.7 Å². The van der Waals surface area contributed by atoms with Gasteiger partial charge in [0, 0.05) is 38.0 Å². The van der Waals surface area contributed by atoms with Crippen molar-refractivity contribution in [2.24, 2.45) is 11.8 Å². The first-order chi connectivity index (χ1) is 16.1. The molecule has 0 aliphatic carbocycles. The topological polar surface area (TPSA) is 84.7 Å². The van der Waals surface area contributed by atoms with Gasteiger partial charge in [-0.05, 0) is 24.3 Å². The van der Waals surface area contributed by atoms with Gasteiger partial charge in [-0.15, -0.1) is 0 Å². The lowest BCUT2D eigenvalue weighted by molar-refractivity contribution is 0.0777. The zero-order valence-corrected chi connectivity index (χ0v) is 17.4. The number of likely N-dealkylation sites (tertiary alicyclic amines) is 1. The van der Waals surface area contributed by atoms with Gasteiger partial charge in [0.15, 0.2) is 11.3 Å². The molecule has 0 bridgehead atoms. The van der Waals surface area contributed by atoms with Crippen molar-refractivity contribution < 1.29 is 13.6 Å². The maximum atomic E-state index is 14.7. The minimum absolute atomic E-state index is 0.0138. The maximum Gasteiger partial charge on any atom is 0.298 e. The first kappa shape index (κ1) is 19.4. The Balaban J connectivity index is 1.20. The highest BCUT2D eigenvalue weighted by atomic mass is 19.1. The summed E-state index contributed by atoms with van der Waals surface area (Å²) in [5.41, 5.74) is 2.14. The number of anilines is 1. The number of rotatable bonds is 3. The van der Waals surface area contributed by atoms with Crippen molar-refractivity contribution in [3.05, 3.63) is 71.6 Å². The van der Waals surface area contributed by atoms with Gasteiger partial charge in [0.25, 0.3) is 11.9 Å². The smallest absolute Gasteiger partial charge is 0.298 e. The van der Waals surface area contributed by atoms with E-state index in [9.17, 15) is 9.18 Å². The van der Waals surface area contributed by atoms with Crippen molar-refractivity contribution in [2.45, 2.75) is 0 Å². The second-order valence-corrected chi connectivity index (χ2v) is 8.35. The van der Waals surface area contributed by atoms with Crippen LogP contribution >= 0.6 is 0 Å². The van der Waals surface area contributed by atoms with E-state index in [0.717, 1.165) is 0 Å². The molecular weight excluding hydrogens is 425 g/mol. The van der Waals surface area contributed by atoms with Crippen LogP contribution in [0, 0.1) is 24.2 Å². The standard InChI is InChI=1S/C23H18FN7O2/c1-25-16-5-6-20-18(9-16)28-23(33-20)30-12-14-10-29(11-15(14)13-30)22(32)21-17(24)3-2-4-19(21)31-26-7-8-27-31/h2-9,14-15H,10-13H2. The third-order valence-electron chi connectivity index (χ3n) is 6.37. The van der Waals surface area contributed by atoms with Gasteiger partial charge in [0.05, 0.1) is 19.0 Å². The number of aromatic nitrogens is 4. The Bertz CT molecular complexity index is 1390. The van der Waals surface area contributed by atoms with Gasteiger partial charge in [0.2, 0.25) is 0 Å². The fourth-order valence-corrected chi connectivity index (χ4v) is 4.81. The minimum atomic E-state index is -0.584. The molecule has 2 aromatic heterocycles. The molecule has 2 aromatic carbocycles. The third-order valence-corrected chi connectivity index (χ3v) is 6.37. The predicted octanol–water partition coefficient (Wildman–Crippen LogP) is 3.31. The van der Waals surface area contributed by atoms with Crippen molar-refractivity contribution >= 4 is 28.7 Å². The normalized spacial score (nSPS) is 19.8. The molecule has 6 rings (SSSR count). The Labute approximate surface area is 187 Å². The Morgan fingerprint density at radius 2 is 1.85 bits per heavy atom. The molecule has 9 nitrogen and oxygen atoms in total. The SMILES string of the molecule is [C-]#[N+]c1ccc2oc(N3CC4CN(C(=O)c5c(F)cccc5-n5nccn5)CC4C3)nc2c1. The molecule has 2 fully saturated rings. The summed E-state index contributed by atoms with van der Waals surface area (Å²) in [5.74, 6) is -0.463. The summed E-state index contributed by atoms with van der Waals surface area (Å²) in [4.78, 5) is 26.3. The molecule has 33 heavy (non-hydrogen) atoms. The van der Waals surface area contributed by atoms with Crippen LogP contribution < -0.4 is 4.90 Å². The van der Waals surface area contributed by atoms with Crippen molar-refractivity contribution in [3.8, 4) is 5.69 Å². The Hall–Kier alpha value is -4.26. The number of hydrogen-bond donors (Lipinski definition) is 0. The van der Waals surface area contributed by atoms with E-state index in [1.54, 1.807) is 35.2 Å². The summed E-state index contributed by atoms with van der Waals surface area (Å²) in [6, 6.07) is 10.2. The molecule has 2 atom stereocenters. The van der Waals surface area contributed by atoms with E-state index < -0.39 is 5.82 Å². The highest BCUT2D eigenvalue weighted by Gasteiger charge is 2.43. The Morgan fingerprint density at radius 3 is 2.58 bits per heavy atom. The Morgan fingerprint density at radius 1 is 1.09 bits per heavy atom. The van der Waals surface area contributed by atoms with Crippen molar-refractivity contribution in [2.75, 3.05) is 31.1 Å². The lowest BCUT2D eigenvalue weighted by atomic mass is 10.0. The molecule has 2 saturated heterocycles. The van der Waals surface area contributed by atoms with Gasteiger partial charge < -0.3 is 14.2 Å². The van der Waals surface area contributed by atoms with E-state index in [4.69, 9.17) is 11.0 Å². The third kappa shape index (κ3) is 3.20. The average Bonchev–Trinajstić information content (AvgIpc) is 3.60. The molecule has 2 unspecified atom stereocenters. The van der Waals surface area contributed by atoms with E-state index in [1.807, 2.05) is 0 Å². The number of carbonyl (C=O) groups is 1. The van der Waals surface area contributed by atoms with E-state index in [1.165, 1.54) is 23.3 Å². The van der Waals surface area contributed by atoms with E-state index in [-0.39, 0.29) is 23.3 Å². The summed E-state index contributed by atoms with van der Waals surface area (Å²) in [6.07, 6.45) is 2.98. The van der Waals surface area contributed by atoms with Gasteiger partial charge in [-0.2, -0.15) is 20.0 Å². The molecule has 0 saturated carbocycles. The van der Waals surface area contributed by atoms with Gasteiger partial charge in [-0.3, -0.25) is 4.79 Å². The zero-order chi connectivity index (χ0) is 22.5. The molecule has 2 aliphatic rings. The number of benzene rings is 2. The molecule has 2 aliphatic heterocycles. The molecule has 1 amide bonds. The Kier molecular flexibility index (Phi) is 4.36. The number of halogens is 1. The van der Waals surface area contributed by atoms with Crippen LogP contribution in [-0.2, 0) is 0 Å². The highest BCUT2D eigenvalue weighted by molar-refractivity contribution is 5.98. The quantitative estimate of drug-likeness (QED) is 0.452. The highest BCUT2D eigenvalue weighted by Crippen LogP contribution is 2.36. The van der Waals surface area contributed by atoms with Crippen LogP contribution in [0.15, 0.2) is 53.2 Å². The number of amides is 1. The number of carbonyl (C=O) groups excluding carboxylic acids is 1. The van der Waals surface area contributed by atoms with Crippen LogP contribution in [-0.4, -0.2) is 57.0 Å². The van der Waals surface area contributed by atoms with Crippen molar-refractivity contribution in [1.82, 2.24) is 24.9 Å². The molecule has 0 N–H and O–H groups in total. The van der Waals surface area contributed by atoms with Crippen LogP contribution in [0.5, 0.6) is 0 Å². The molecule has 0 spiro atoms. The molecule has 4 heterocycles. The summed E-state index contributed by atoms with van der Waals surface area (Å²) < 4.78 is 20.6. The first-order valence-corrected chi connectivity index (χ1v) is 10.6. The van der Waals surface area contributed by atoms with Gasteiger partial charge in [-0.1, -0.05) is 12.1 Å². The van der Waals surface area contributed by atoms with Crippen LogP contribution in [0.1, 0.15) is 10.4 Å². The molecule has 164 valence electrons. The van der Waals surface area contributed by atoms with E-state index in [2.05, 4.69) is 24.9 Å². The minimum Gasteiger partial charge on any atom is -0.424 e. The zero-order valence-electron chi connectivity index (χ0n) is 17.4. The maximum absolute atomic E-state index is 14.7. The first-order valence-electron chi connectivity index (χ1n) is 10.6. The largest absolute Gasteiger partial charge is 0.424 e. The fraction of sp³-hybridized carbons (Fsp3) is 0.261. The lowest BCUT2D eigenvalue weighted by Gasteiger charge is -2.22. The monoisotopic (exact) mass is 443 g/mol. The molecule has 4 aromatic rings. The van der Waals surface area contributed by atoms with Crippen LogP contribution in [0.2, 0.25) is 0 Å². The van der Waals surface area contributed by atoms with Gasteiger partial charge >= 0.3 is 0 Å². The number of fused-ring (bicyclic) bond motifs is 2. The number of nitrogens with zero attached hydrogens (tertiary/aromatic N) is 7. The van der Waals surface area contributed by atoms with Crippen molar-refractivity contribution in [3.63, 3.8) is 0 Å². The average molecular weight is 443 g/mol. The molecule has 10 heteroatoms. The fourth-order valence-electron chi connectivity index (χ4n) is 4.81. The second kappa shape index (κ2) is 7.41. The van der Waals surface area contributed by atoms with Crippen LogP contribution in [0.3, 0.4) is 0 Å².